The lowest BCUT2D eigenvalue weighted by Crippen LogP contribution is -2.00. The molecule has 9 rings (SSSR count). The van der Waals surface area contributed by atoms with E-state index in [9.17, 15) is 0 Å². The van der Waals surface area contributed by atoms with Gasteiger partial charge in [-0.05, 0) is 39.9 Å². The molecule has 0 unspecified atom stereocenters. The van der Waals surface area contributed by atoms with E-state index in [2.05, 4.69) is 102 Å². The highest BCUT2D eigenvalue weighted by Crippen LogP contribution is 2.38. The van der Waals surface area contributed by atoms with Crippen LogP contribution in [0.4, 0.5) is 0 Å². The van der Waals surface area contributed by atoms with Crippen LogP contribution in [0.3, 0.4) is 0 Å². The molecule has 0 N–H and O–H groups in total. The van der Waals surface area contributed by atoms with E-state index in [0.717, 1.165) is 60.9 Å². The van der Waals surface area contributed by atoms with Gasteiger partial charge < -0.3 is 4.42 Å². The molecule has 5 heteroatoms. The van der Waals surface area contributed by atoms with Crippen molar-refractivity contribution >= 4 is 21.9 Å². The molecule has 0 amide bonds. The maximum Gasteiger partial charge on any atom is 0.164 e. The Labute approximate surface area is 283 Å². The van der Waals surface area contributed by atoms with Gasteiger partial charge in [-0.25, -0.2) is 15.0 Å². The summed E-state index contributed by atoms with van der Waals surface area (Å²) in [6.07, 6.45) is 3.70. The molecule has 0 fully saturated rings. The number of pyridine rings is 1. The number of furan rings is 1. The van der Waals surface area contributed by atoms with Crippen LogP contribution in [-0.4, -0.2) is 19.9 Å². The van der Waals surface area contributed by atoms with Gasteiger partial charge in [-0.3, -0.25) is 4.98 Å². The summed E-state index contributed by atoms with van der Waals surface area (Å²) >= 11 is 0. The molecule has 230 valence electrons. The third-order valence-corrected chi connectivity index (χ3v) is 8.86. The molecule has 0 spiro atoms. The van der Waals surface area contributed by atoms with E-state index in [1.165, 1.54) is 11.1 Å². The number of aromatic nitrogens is 4. The van der Waals surface area contributed by atoms with Crippen LogP contribution in [0.25, 0.3) is 89.5 Å². The van der Waals surface area contributed by atoms with Gasteiger partial charge in [0.05, 0.1) is 6.20 Å². The molecule has 0 saturated carbocycles. The fourth-order valence-electron chi connectivity index (χ4n) is 6.35. The summed E-state index contributed by atoms with van der Waals surface area (Å²) in [4.78, 5) is 19.4. The summed E-state index contributed by atoms with van der Waals surface area (Å²) in [5.74, 6) is 1.80. The molecule has 49 heavy (non-hydrogen) atoms. The van der Waals surface area contributed by atoms with Crippen molar-refractivity contribution in [3.63, 3.8) is 0 Å². The van der Waals surface area contributed by atoms with Crippen molar-refractivity contribution in [2.75, 3.05) is 0 Å². The Hall–Kier alpha value is -6.72. The Morgan fingerprint density at radius 3 is 1.35 bits per heavy atom. The normalized spacial score (nSPS) is 11.3. The summed E-state index contributed by atoms with van der Waals surface area (Å²) in [6, 6.07) is 53.9. The first-order chi connectivity index (χ1) is 24.3. The summed E-state index contributed by atoms with van der Waals surface area (Å²) in [5.41, 5.74) is 10.9. The molecule has 0 bridgehead atoms. The zero-order valence-corrected chi connectivity index (χ0v) is 26.4. The molecule has 0 aliphatic carbocycles. The van der Waals surface area contributed by atoms with Crippen molar-refractivity contribution in [3.8, 4) is 67.5 Å². The molecule has 6 aromatic carbocycles. The standard InChI is InChI=1S/C44H28N4O/c1-4-10-29(11-5-1)31-16-20-33(21-17-31)38-27-45-28-40-41(38)37-25-24-36(26-39(37)49-40)44-47-42(34-14-8-3-9-15-34)46-43(48-44)35-22-18-32(19-23-35)30-12-6-2-7-13-30/h1-28H. The SMILES string of the molecule is c1ccc(-c2ccc(-c3nc(-c4ccccc4)nc(-c4ccc5c(c4)oc4cncc(-c6ccc(-c7ccccc7)cc6)c45)n3)cc2)cc1. The number of hydrogen-bond donors (Lipinski definition) is 0. The van der Waals surface area contributed by atoms with Crippen LogP contribution in [0.1, 0.15) is 0 Å². The molecule has 0 saturated heterocycles. The average molecular weight is 629 g/mol. The van der Waals surface area contributed by atoms with E-state index in [4.69, 9.17) is 19.4 Å². The van der Waals surface area contributed by atoms with Gasteiger partial charge in [0.15, 0.2) is 23.1 Å². The number of rotatable bonds is 6. The minimum absolute atomic E-state index is 0.577. The second-order valence-electron chi connectivity index (χ2n) is 11.9. The lowest BCUT2D eigenvalue weighted by molar-refractivity contribution is 0.667. The van der Waals surface area contributed by atoms with Crippen molar-refractivity contribution in [2.24, 2.45) is 0 Å². The number of hydrogen-bond acceptors (Lipinski definition) is 5. The molecule has 0 aliphatic rings. The molecule has 3 aromatic heterocycles. The van der Waals surface area contributed by atoms with Gasteiger partial charge in [0.25, 0.3) is 0 Å². The predicted octanol–water partition coefficient (Wildman–Crippen LogP) is 11.2. The van der Waals surface area contributed by atoms with E-state index in [-0.39, 0.29) is 0 Å². The topological polar surface area (TPSA) is 64.7 Å². The van der Waals surface area contributed by atoms with Gasteiger partial charge >= 0.3 is 0 Å². The van der Waals surface area contributed by atoms with E-state index >= 15 is 0 Å². The molecule has 0 atom stereocenters. The Morgan fingerprint density at radius 1 is 0.347 bits per heavy atom. The molecule has 0 aliphatic heterocycles. The highest BCUT2D eigenvalue weighted by molar-refractivity contribution is 6.12. The fraction of sp³-hybridized carbons (Fsp3) is 0. The van der Waals surface area contributed by atoms with Crippen LogP contribution in [0.15, 0.2) is 175 Å². The van der Waals surface area contributed by atoms with Crippen molar-refractivity contribution in [1.82, 2.24) is 19.9 Å². The maximum absolute atomic E-state index is 6.42. The first-order valence-electron chi connectivity index (χ1n) is 16.2. The first-order valence-corrected chi connectivity index (χ1v) is 16.2. The second kappa shape index (κ2) is 12.1. The Bertz CT molecular complexity index is 2560. The molecule has 0 radical (unpaired) electrons. The van der Waals surface area contributed by atoms with Crippen LogP contribution < -0.4 is 0 Å². The fourth-order valence-corrected chi connectivity index (χ4v) is 6.35. The number of nitrogens with zero attached hydrogens (tertiary/aromatic N) is 4. The van der Waals surface area contributed by atoms with E-state index in [0.29, 0.717) is 17.5 Å². The number of benzene rings is 6. The lowest BCUT2D eigenvalue weighted by atomic mass is 9.98. The quantitative estimate of drug-likeness (QED) is 0.183. The van der Waals surface area contributed by atoms with Gasteiger partial charge in [0.2, 0.25) is 0 Å². The summed E-state index contributed by atoms with van der Waals surface area (Å²) in [5, 5.41) is 2.04. The Kier molecular flexibility index (Phi) is 7.06. The van der Waals surface area contributed by atoms with Crippen LogP contribution in [0, 0.1) is 0 Å². The van der Waals surface area contributed by atoms with Crippen molar-refractivity contribution < 1.29 is 4.42 Å². The van der Waals surface area contributed by atoms with Crippen LogP contribution in [-0.2, 0) is 0 Å². The minimum atomic E-state index is 0.577. The van der Waals surface area contributed by atoms with Gasteiger partial charge in [0, 0.05) is 39.2 Å². The highest BCUT2D eigenvalue weighted by Gasteiger charge is 2.17. The summed E-state index contributed by atoms with van der Waals surface area (Å²) < 4.78 is 6.42. The average Bonchev–Trinajstić information content (AvgIpc) is 3.57. The first kappa shape index (κ1) is 28.5. The van der Waals surface area contributed by atoms with E-state index in [1.54, 1.807) is 6.20 Å². The smallest absolute Gasteiger partial charge is 0.164 e. The third kappa shape index (κ3) is 5.43. The maximum atomic E-state index is 6.42. The van der Waals surface area contributed by atoms with Gasteiger partial charge in [-0.1, -0.05) is 146 Å². The Morgan fingerprint density at radius 2 is 0.776 bits per heavy atom. The third-order valence-electron chi connectivity index (χ3n) is 8.86. The zero-order valence-electron chi connectivity index (χ0n) is 26.4. The number of fused-ring (bicyclic) bond motifs is 3. The monoisotopic (exact) mass is 628 g/mol. The van der Waals surface area contributed by atoms with Crippen LogP contribution >= 0.6 is 0 Å². The zero-order chi connectivity index (χ0) is 32.6. The van der Waals surface area contributed by atoms with Crippen molar-refractivity contribution in [1.29, 1.82) is 0 Å². The molecule has 5 nitrogen and oxygen atoms in total. The highest BCUT2D eigenvalue weighted by atomic mass is 16.3. The Balaban J connectivity index is 1.13. The van der Waals surface area contributed by atoms with E-state index in [1.807, 2.05) is 66.9 Å². The summed E-state index contributed by atoms with van der Waals surface area (Å²) in [7, 11) is 0. The lowest BCUT2D eigenvalue weighted by Gasteiger charge is -2.09. The largest absolute Gasteiger partial charge is 0.454 e. The minimum Gasteiger partial charge on any atom is -0.454 e. The molecule has 9 aromatic rings. The van der Waals surface area contributed by atoms with E-state index < -0.39 is 0 Å². The second-order valence-corrected chi connectivity index (χ2v) is 11.9. The van der Waals surface area contributed by atoms with Crippen molar-refractivity contribution in [3.05, 3.63) is 170 Å². The molecule has 3 heterocycles. The van der Waals surface area contributed by atoms with Gasteiger partial charge in [0.1, 0.15) is 5.58 Å². The summed E-state index contributed by atoms with van der Waals surface area (Å²) in [6.45, 7) is 0. The van der Waals surface area contributed by atoms with Gasteiger partial charge in [-0.2, -0.15) is 0 Å². The predicted molar refractivity (Wildman–Crippen MR) is 198 cm³/mol. The molecular weight excluding hydrogens is 601 g/mol. The van der Waals surface area contributed by atoms with Crippen LogP contribution in [0.2, 0.25) is 0 Å². The molecular formula is C44H28N4O. The van der Waals surface area contributed by atoms with Gasteiger partial charge in [-0.15, -0.1) is 0 Å². The van der Waals surface area contributed by atoms with Crippen LogP contribution in [0.5, 0.6) is 0 Å². The van der Waals surface area contributed by atoms with Crippen molar-refractivity contribution in [2.45, 2.75) is 0 Å².